The number of carboxylic acid groups (broad SMARTS) is 1. The smallest absolute Gasteiger partial charge is 0.309 e. The standard InChI is InChI=1S/C13H16O4/c1-17-10-4-2-3-9(7-10)11(14)8-13(5-6-13)12(15)16/h2-4,7,11,14H,5-6,8H2,1H3,(H,15,16). The van der Waals surface area contributed by atoms with Gasteiger partial charge in [-0.3, -0.25) is 4.79 Å². The second-order valence-corrected chi connectivity index (χ2v) is 4.58. The van der Waals surface area contributed by atoms with Gasteiger partial charge in [0.25, 0.3) is 0 Å². The molecule has 2 N–H and O–H groups in total. The summed E-state index contributed by atoms with van der Waals surface area (Å²) in [5, 5.41) is 19.1. The van der Waals surface area contributed by atoms with Crippen LogP contribution >= 0.6 is 0 Å². The van der Waals surface area contributed by atoms with Gasteiger partial charge in [-0.15, -0.1) is 0 Å². The summed E-state index contributed by atoms with van der Waals surface area (Å²) in [5.74, 6) is -0.138. The summed E-state index contributed by atoms with van der Waals surface area (Å²) >= 11 is 0. The Hall–Kier alpha value is -1.55. The zero-order valence-corrected chi connectivity index (χ0v) is 9.72. The normalized spacial score (nSPS) is 18.5. The van der Waals surface area contributed by atoms with Crippen molar-refractivity contribution < 1.29 is 19.7 Å². The molecular formula is C13H16O4. The maximum Gasteiger partial charge on any atom is 0.309 e. The third-order valence-electron chi connectivity index (χ3n) is 3.37. The third kappa shape index (κ3) is 2.42. The first kappa shape index (κ1) is 11.9. The predicted octanol–water partition coefficient (Wildman–Crippen LogP) is 1.98. The second kappa shape index (κ2) is 4.37. The zero-order valence-electron chi connectivity index (χ0n) is 9.72. The molecule has 0 saturated heterocycles. The van der Waals surface area contributed by atoms with Crippen LogP contribution in [0.4, 0.5) is 0 Å². The molecule has 17 heavy (non-hydrogen) atoms. The highest BCUT2D eigenvalue weighted by atomic mass is 16.5. The Balaban J connectivity index is 2.09. The highest BCUT2D eigenvalue weighted by Crippen LogP contribution is 2.52. The number of methoxy groups -OCH3 is 1. The summed E-state index contributed by atoms with van der Waals surface area (Å²) in [6.45, 7) is 0. The molecule has 4 heteroatoms. The van der Waals surface area contributed by atoms with E-state index < -0.39 is 17.5 Å². The first-order chi connectivity index (χ1) is 8.07. The summed E-state index contributed by atoms with van der Waals surface area (Å²) in [6, 6.07) is 7.10. The Labute approximate surface area is 99.8 Å². The van der Waals surface area contributed by atoms with Crippen LogP contribution in [-0.4, -0.2) is 23.3 Å². The molecule has 92 valence electrons. The fraction of sp³-hybridized carbons (Fsp3) is 0.462. The number of rotatable bonds is 5. The summed E-state index contributed by atoms with van der Waals surface area (Å²) in [5.41, 5.74) is -0.000420. The maximum atomic E-state index is 11.0. The van der Waals surface area contributed by atoms with E-state index in [1.54, 1.807) is 31.4 Å². The lowest BCUT2D eigenvalue weighted by Crippen LogP contribution is -2.18. The van der Waals surface area contributed by atoms with Gasteiger partial charge in [-0.05, 0) is 37.0 Å². The maximum absolute atomic E-state index is 11.0. The van der Waals surface area contributed by atoms with Gasteiger partial charge in [-0.1, -0.05) is 12.1 Å². The minimum absolute atomic E-state index is 0.273. The molecule has 0 amide bonds. The number of aliphatic hydroxyl groups is 1. The van der Waals surface area contributed by atoms with Crippen LogP contribution < -0.4 is 4.74 Å². The van der Waals surface area contributed by atoms with E-state index in [1.165, 1.54) is 0 Å². The van der Waals surface area contributed by atoms with Crippen LogP contribution in [0.15, 0.2) is 24.3 Å². The number of benzene rings is 1. The number of hydrogen-bond acceptors (Lipinski definition) is 3. The first-order valence-electron chi connectivity index (χ1n) is 5.63. The largest absolute Gasteiger partial charge is 0.497 e. The molecule has 1 fully saturated rings. The summed E-state index contributed by atoms with van der Waals surface area (Å²) in [6.07, 6.45) is 0.839. The number of carbonyl (C=O) groups is 1. The molecule has 0 aliphatic heterocycles. The fourth-order valence-electron chi connectivity index (χ4n) is 1.99. The second-order valence-electron chi connectivity index (χ2n) is 4.58. The Morgan fingerprint density at radius 2 is 2.24 bits per heavy atom. The Morgan fingerprint density at radius 3 is 2.76 bits per heavy atom. The molecular weight excluding hydrogens is 220 g/mol. The van der Waals surface area contributed by atoms with Crippen molar-refractivity contribution in [1.29, 1.82) is 0 Å². The minimum Gasteiger partial charge on any atom is -0.497 e. The molecule has 1 aromatic rings. The number of ether oxygens (including phenoxy) is 1. The van der Waals surface area contributed by atoms with Gasteiger partial charge in [0.05, 0.1) is 18.6 Å². The van der Waals surface area contributed by atoms with Crippen molar-refractivity contribution in [3.63, 3.8) is 0 Å². The van der Waals surface area contributed by atoms with Crippen molar-refractivity contribution in [2.75, 3.05) is 7.11 Å². The SMILES string of the molecule is COc1cccc(C(O)CC2(C(=O)O)CC2)c1. The number of carboxylic acids is 1. The van der Waals surface area contributed by atoms with E-state index in [0.29, 0.717) is 24.2 Å². The lowest BCUT2D eigenvalue weighted by Gasteiger charge is -2.16. The van der Waals surface area contributed by atoms with Crippen molar-refractivity contribution in [3.8, 4) is 5.75 Å². The molecule has 0 aromatic heterocycles. The van der Waals surface area contributed by atoms with Gasteiger partial charge >= 0.3 is 5.97 Å². The highest BCUT2D eigenvalue weighted by Gasteiger charge is 2.51. The van der Waals surface area contributed by atoms with E-state index in [4.69, 9.17) is 9.84 Å². The summed E-state index contributed by atoms with van der Waals surface area (Å²) in [7, 11) is 1.56. The molecule has 0 heterocycles. The Morgan fingerprint density at radius 1 is 1.53 bits per heavy atom. The van der Waals surface area contributed by atoms with Crippen molar-refractivity contribution in [2.24, 2.45) is 5.41 Å². The van der Waals surface area contributed by atoms with Crippen molar-refractivity contribution in [2.45, 2.75) is 25.4 Å². The topological polar surface area (TPSA) is 66.8 Å². The highest BCUT2D eigenvalue weighted by molar-refractivity contribution is 5.77. The van der Waals surface area contributed by atoms with Crippen molar-refractivity contribution in [1.82, 2.24) is 0 Å². The lowest BCUT2D eigenvalue weighted by molar-refractivity contribution is -0.144. The minimum atomic E-state index is -0.806. The van der Waals surface area contributed by atoms with Crippen LogP contribution in [0, 0.1) is 5.41 Å². The van der Waals surface area contributed by atoms with E-state index in [9.17, 15) is 9.90 Å². The number of aliphatic hydroxyl groups excluding tert-OH is 1. The fourth-order valence-corrected chi connectivity index (χ4v) is 1.99. The van der Waals surface area contributed by atoms with E-state index in [0.717, 1.165) is 0 Å². The van der Waals surface area contributed by atoms with Gasteiger partial charge in [0.15, 0.2) is 0 Å². The molecule has 1 aliphatic carbocycles. The molecule has 4 nitrogen and oxygen atoms in total. The van der Waals surface area contributed by atoms with Crippen LogP contribution in [0.2, 0.25) is 0 Å². The number of aliphatic carboxylic acids is 1. The van der Waals surface area contributed by atoms with E-state index in [-0.39, 0.29) is 6.42 Å². The van der Waals surface area contributed by atoms with Crippen LogP contribution in [0.5, 0.6) is 5.75 Å². The van der Waals surface area contributed by atoms with E-state index in [2.05, 4.69) is 0 Å². The molecule has 0 spiro atoms. The van der Waals surface area contributed by atoms with Gasteiger partial charge in [0.2, 0.25) is 0 Å². The molecule has 0 radical (unpaired) electrons. The van der Waals surface area contributed by atoms with Gasteiger partial charge in [0, 0.05) is 0 Å². The molecule has 1 saturated carbocycles. The van der Waals surface area contributed by atoms with Crippen molar-refractivity contribution >= 4 is 5.97 Å². The average Bonchev–Trinajstić information content (AvgIpc) is 3.10. The lowest BCUT2D eigenvalue weighted by atomic mass is 9.94. The van der Waals surface area contributed by atoms with Crippen LogP contribution in [0.1, 0.15) is 30.9 Å². The zero-order chi connectivity index (χ0) is 12.5. The Bertz CT molecular complexity index is 423. The van der Waals surface area contributed by atoms with Gasteiger partial charge in [0.1, 0.15) is 5.75 Å². The average molecular weight is 236 g/mol. The summed E-state index contributed by atoms with van der Waals surface area (Å²) < 4.78 is 5.07. The van der Waals surface area contributed by atoms with Gasteiger partial charge in [-0.2, -0.15) is 0 Å². The third-order valence-corrected chi connectivity index (χ3v) is 3.37. The van der Waals surface area contributed by atoms with Crippen LogP contribution in [0.3, 0.4) is 0 Å². The van der Waals surface area contributed by atoms with E-state index >= 15 is 0 Å². The van der Waals surface area contributed by atoms with E-state index in [1.807, 2.05) is 0 Å². The number of hydrogen-bond donors (Lipinski definition) is 2. The quantitative estimate of drug-likeness (QED) is 0.820. The summed E-state index contributed by atoms with van der Waals surface area (Å²) in [4.78, 5) is 11.0. The molecule has 1 unspecified atom stereocenters. The first-order valence-corrected chi connectivity index (χ1v) is 5.63. The van der Waals surface area contributed by atoms with Crippen LogP contribution in [-0.2, 0) is 4.79 Å². The van der Waals surface area contributed by atoms with Crippen LogP contribution in [0.25, 0.3) is 0 Å². The molecule has 1 aliphatic rings. The Kier molecular flexibility index (Phi) is 3.07. The molecule has 1 atom stereocenters. The molecule has 2 rings (SSSR count). The van der Waals surface area contributed by atoms with Gasteiger partial charge < -0.3 is 14.9 Å². The van der Waals surface area contributed by atoms with Crippen molar-refractivity contribution in [3.05, 3.63) is 29.8 Å². The molecule has 0 bridgehead atoms. The monoisotopic (exact) mass is 236 g/mol. The molecule has 1 aromatic carbocycles. The predicted molar refractivity (Wildman–Crippen MR) is 61.9 cm³/mol. The van der Waals surface area contributed by atoms with Gasteiger partial charge in [-0.25, -0.2) is 0 Å².